The second-order valence-electron chi connectivity index (χ2n) is 9.15. The molecule has 6 heteroatoms. The molecular formula is C25H31N5O. The van der Waals surface area contributed by atoms with Crippen LogP contribution >= 0.6 is 0 Å². The average Bonchev–Trinajstić information content (AvgIpc) is 2.79. The Morgan fingerprint density at radius 3 is 2.55 bits per heavy atom. The molecule has 1 aromatic heterocycles. The number of benzene rings is 1. The number of allylic oxidation sites excluding steroid dienone is 2. The highest BCUT2D eigenvalue weighted by Gasteiger charge is 2.33. The lowest BCUT2D eigenvalue weighted by Crippen LogP contribution is -2.54. The molecule has 6 nitrogen and oxygen atoms in total. The smallest absolute Gasteiger partial charge is 0.151 e. The van der Waals surface area contributed by atoms with Gasteiger partial charge in [0, 0.05) is 44.3 Å². The van der Waals surface area contributed by atoms with E-state index in [4.69, 9.17) is 0 Å². The highest BCUT2D eigenvalue weighted by Crippen LogP contribution is 2.33. The molecule has 1 aromatic carbocycles. The van der Waals surface area contributed by atoms with Gasteiger partial charge >= 0.3 is 0 Å². The standard InChI is InChI=1S/C25H31N5O/c1-29-12-10-17(11-13-29)18-6-7-22(24(31)14-18)23-8-9-25(28-27-23)30(2)21-15-19-4-3-5-20(16-21)26-19/h6-12,14,19-21,26,31H,3-5,13,15-16H2,1-2H3/t19-,20+,21?. The molecule has 0 saturated carbocycles. The molecule has 0 aliphatic carbocycles. The Morgan fingerprint density at radius 2 is 1.90 bits per heavy atom. The van der Waals surface area contributed by atoms with Crippen molar-refractivity contribution in [1.29, 1.82) is 0 Å². The minimum Gasteiger partial charge on any atom is -0.507 e. The van der Waals surface area contributed by atoms with Gasteiger partial charge in [-0.1, -0.05) is 18.6 Å². The predicted octanol–water partition coefficient (Wildman–Crippen LogP) is 3.80. The van der Waals surface area contributed by atoms with Gasteiger partial charge < -0.3 is 20.2 Å². The van der Waals surface area contributed by atoms with E-state index in [0.29, 0.717) is 29.4 Å². The molecule has 0 spiro atoms. The van der Waals surface area contributed by atoms with Crippen LogP contribution in [-0.4, -0.2) is 59.0 Å². The number of aromatic hydroxyl groups is 1. The molecule has 2 bridgehead atoms. The van der Waals surface area contributed by atoms with Crippen molar-refractivity contribution >= 4 is 11.4 Å². The first kappa shape index (κ1) is 20.1. The Kier molecular flexibility index (Phi) is 5.40. The zero-order chi connectivity index (χ0) is 21.4. The zero-order valence-corrected chi connectivity index (χ0v) is 18.3. The fraction of sp³-hybridized carbons (Fsp3) is 0.440. The Morgan fingerprint density at radius 1 is 1.10 bits per heavy atom. The lowest BCUT2D eigenvalue weighted by molar-refractivity contribution is 0.219. The van der Waals surface area contributed by atoms with E-state index in [1.165, 1.54) is 32.1 Å². The number of phenols is 1. The third-order valence-electron chi connectivity index (χ3n) is 6.96. The Bertz CT molecular complexity index is 987. The monoisotopic (exact) mass is 417 g/mol. The number of nitrogens with one attached hydrogen (secondary N) is 1. The summed E-state index contributed by atoms with van der Waals surface area (Å²) in [5.41, 5.74) is 3.52. The number of aromatic nitrogens is 2. The first-order valence-corrected chi connectivity index (χ1v) is 11.3. The van der Waals surface area contributed by atoms with E-state index in [1.807, 2.05) is 37.4 Å². The van der Waals surface area contributed by atoms with Gasteiger partial charge in [0.05, 0.1) is 5.69 Å². The maximum atomic E-state index is 10.7. The molecule has 31 heavy (non-hydrogen) atoms. The Hall–Kier alpha value is -2.86. The first-order valence-electron chi connectivity index (χ1n) is 11.3. The fourth-order valence-corrected chi connectivity index (χ4v) is 5.12. The average molecular weight is 418 g/mol. The minimum atomic E-state index is 0.229. The molecule has 162 valence electrons. The number of nitrogens with zero attached hydrogens (tertiary/aromatic N) is 4. The van der Waals surface area contributed by atoms with Crippen LogP contribution in [0, 0.1) is 0 Å². The van der Waals surface area contributed by atoms with Crippen molar-refractivity contribution in [2.75, 3.05) is 25.5 Å². The number of fused-ring (bicyclic) bond motifs is 2. The number of hydrogen-bond donors (Lipinski definition) is 2. The molecule has 2 aromatic rings. The van der Waals surface area contributed by atoms with Gasteiger partial charge in [0.15, 0.2) is 5.82 Å². The van der Waals surface area contributed by atoms with E-state index < -0.39 is 0 Å². The summed E-state index contributed by atoms with van der Waals surface area (Å²) in [7, 11) is 4.17. The van der Waals surface area contributed by atoms with Crippen molar-refractivity contribution in [3.8, 4) is 17.0 Å². The molecule has 0 radical (unpaired) electrons. The summed E-state index contributed by atoms with van der Waals surface area (Å²) in [6.45, 7) is 0.868. The SMILES string of the molecule is CN1C=CC(c2ccc(-c3ccc(N(C)C4C[C@H]5CCC[C@@H](C4)N5)nn3)c(O)c2)=CC1. The van der Waals surface area contributed by atoms with Crippen molar-refractivity contribution in [3.05, 3.63) is 54.2 Å². The van der Waals surface area contributed by atoms with Crippen LogP contribution in [0.25, 0.3) is 16.8 Å². The van der Waals surface area contributed by atoms with E-state index in [2.05, 4.69) is 50.7 Å². The summed E-state index contributed by atoms with van der Waals surface area (Å²) in [4.78, 5) is 4.40. The zero-order valence-electron chi connectivity index (χ0n) is 18.3. The van der Waals surface area contributed by atoms with Crippen LogP contribution in [0.5, 0.6) is 5.75 Å². The summed E-state index contributed by atoms with van der Waals surface area (Å²) < 4.78 is 0. The maximum Gasteiger partial charge on any atom is 0.151 e. The number of phenolic OH excluding ortho intramolecular Hbond substituents is 1. The number of likely N-dealkylation sites (N-methyl/N-ethyl adjacent to an activating group) is 1. The van der Waals surface area contributed by atoms with E-state index >= 15 is 0 Å². The van der Waals surface area contributed by atoms with Gasteiger partial charge in [-0.3, -0.25) is 0 Å². The molecule has 0 amide bonds. The van der Waals surface area contributed by atoms with Gasteiger partial charge in [-0.15, -0.1) is 10.2 Å². The van der Waals surface area contributed by atoms with Crippen molar-refractivity contribution in [3.63, 3.8) is 0 Å². The van der Waals surface area contributed by atoms with E-state index in [-0.39, 0.29) is 5.75 Å². The quantitative estimate of drug-likeness (QED) is 0.789. The number of hydrogen-bond acceptors (Lipinski definition) is 6. The minimum absolute atomic E-state index is 0.229. The van der Waals surface area contributed by atoms with Crippen LogP contribution in [0.1, 0.15) is 37.7 Å². The van der Waals surface area contributed by atoms with E-state index in [0.717, 1.165) is 23.5 Å². The van der Waals surface area contributed by atoms with Crippen LogP contribution in [0.4, 0.5) is 5.82 Å². The molecule has 1 unspecified atom stereocenters. The summed E-state index contributed by atoms with van der Waals surface area (Å²) >= 11 is 0. The second-order valence-corrected chi connectivity index (χ2v) is 9.15. The topological polar surface area (TPSA) is 64.5 Å². The van der Waals surface area contributed by atoms with Gasteiger partial charge in [-0.25, -0.2) is 0 Å². The van der Waals surface area contributed by atoms with Gasteiger partial charge in [0.2, 0.25) is 0 Å². The fourth-order valence-electron chi connectivity index (χ4n) is 5.12. The van der Waals surface area contributed by atoms with Crippen LogP contribution in [0.3, 0.4) is 0 Å². The van der Waals surface area contributed by atoms with Gasteiger partial charge in [-0.05, 0) is 73.4 Å². The third kappa shape index (κ3) is 4.17. The highest BCUT2D eigenvalue weighted by atomic mass is 16.3. The van der Waals surface area contributed by atoms with Crippen molar-refractivity contribution in [2.45, 2.75) is 50.2 Å². The molecule has 2 fully saturated rings. The molecule has 3 atom stereocenters. The summed E-state index contributed by atoms with van der Waals surface area (Å²) in [5.74, 6) is 1.12. The maximum absolute atomic E-state index is 10.7. The van der Waals surface area contributed by atoms with E-state index in [9.17, 15) is 5.11 Å². The van der Waals surface area contributed by atoms with Crippen LogP contribution < -0.4 is 10.2 Å². The van der Waals surface area contributed by atoms with E-state index in [1.54, 1.807) is 0 Å². The van der Waals surface area contributed by atoms with Crippen molar-refractivity contribution in [1.82, 2.24) is 20.4 Å². The summed E-state index contributed by atoms with van der Waals surface area (Å²) in [5, 5.41) is 23.4. The molecule has 3 aliphatic rings. The number of piperidine rings is 2. The predicted molar refractivity (Wildman–Crippen MR) is 125 cm³/mol. The van der Waals surface area contributed by atoms with Crippen LogP contribution in [-0.2, 0) is 0 Å². The lowest BCUT2D eigenvalue weighted by atomic mass is 9.83. The first-order chi connectivity index (χ1) is 15.1. The Labute approximate surface area is 184 Å². The number of anilines is 1. The second kappa shape index (κ2) is 8.35. The summed E-state index contributed by atoms with van der Waals surface area (Å²) in [6.07, 6.45) is 12.5. The molecule has 4 heterocycles. The molecule has 5 rings (SSSR count). The largest absolute Gasteiger partial charge is 0.507 e. The highest BCUT2D eigenvalue weighted by molar-refractivity contribution is 5.79. The molecule has 2 saturated heterocycles. The van der Waals surface area contributed by atoms with Crippen LogP contribution in [0.2, 0.25) is 0 Å². The van der Waals surface area contributed by atoms with Gasteiger partial charge in [-0.2, -0.15) is 0 Å². The van der Waals surface area contributed by atoms with Crippen LogP contribution in [0.15, 0.2) is 48.7 Å². The normalized spacial score (nSPS) is 25.3. The van der Waals surface area contributed by atoms with Gasteiger partial charge in [0.1, 0.15) is 5.75 Å². The molecule has 2 N–H and O–H groups in total. The van der Waals surface area contributed by atoms with Crippen molar-refractivity contribution < 1.29 is 5.11 Å². The molecule has 3 aliphatic heterocycles. The van der Waals surface area contributed by atoms with Crippen molar-refractivity contribution in [2.24, 2.45) is 0 Å². The molecular weight excluding hydrogens is 386 g/mol. The number of rotatable bonds is 4. The lowest BCUT2D eigenvalue weighted by Gasteiger charge is -2.43. The third-order valence-corrected chi connectivity index (χ3v) is 6.96. The summed E-state index contributed by atoms with van der Waals surface area (Å²) in [6, 6.07) is 11.5. The van der Waals surface area contributed by atoms with Gasteiger partial charge in [0.25, 0.3) is 0 Å². The Balaban J connectivity index is 1.31.